The number of carbonyl (C=O) groups is 1. The lowest BCUT2D eigenvalue weighted by atomic mass is 10.1. The molecule has 0 bridgehead atoms. The zero-order valence-electron chi connectivity index (χ0n) is 18.5. The van der Waals surface area contributed by atoms with E-state index in [4.69, 9.17) is 14.2 Å². The molecule has 2 rings (SSSR count). The number of nitrogens with one attached hydrogen (secondary N) is 2. The number of aromatic carboxylic acids is 1. The van der Waals surface area contributed by atoms with Crippen LogP contribution in [-0.2, 0) is 21.2 Å². The van der Waals surface area contributed by atoms with Crippen LogP contribution in [0.2, 0.25) is 0 Å². The standard InChI is InChI=1S/C22H30N2O7S/c1-4-31-13-5-11-23-19-8-7-17(15-18(19)22(25)26)32(27,28)24-12-10-16-6-9-20(29-2)21(14-16)30-3/h6-9,14-15,23-24H,4-5,10-13H2,1-3H3,(H,25,26). The van der Waals surface area contributed by atoms with Crippen LogP contribution in [0.3, 0.4) is 0 Å². The van der Waals surface area contributed by atoms with Crippen molar-refractivity contribution in [1.29, 1.82) is 0 Å². The van der Waals surface area contributed by atoms with E-state index in [1.165, 1.54) is 19.2 Å². The van der Waals surface area contributed by atoms with E-state index in [0.29, 0.717) is 49.8 Å². The zero-order chi connectivity index (χ0) is 23.6. The molecule has 2 aromatic rings. The van der Waals surface area contributed by atoms with Crippen molar-refractivity contribution in [3.63, 3.8) is 0 Å². The lowest BCUT2D eigenvalue weighted by molar-refractivity contribution is 0.0697. The number of hydrogen-bond donors (Lipinski definition) is 3. The van der Waals surface area contributed by atoms with Crippen LogP contribution in [0.5, 0.6) is 11.5 Å². The molecule has 0 atom stereocenters. The lowest BCUT2D eigenvalue weighted by Gasteiger charge is -2.13. The fourth-order valence-corrected chi connectivity index (χ4v) is 4.07. The van der Waals surface area contributed by atoms with Crippen molar-refractivity contribution in [2.75, 3.05) is 45.8 Å². The second-order valence-corrected chi connectivity index (χ2v) is 8.59. The summed E-state index contributed by atoms with van der Waals surface area (Å²) in [6, 6.07) is 9.36. The molecule has 10 heteroatoms. The molecule has 0 aliphatic rings. The largest absolute Gasteiger partial charge is 0.493 e. The number of anilines is 1. The molecule has 9 nitrogen and oxygen atoms in total. The van der Waals surface area contributed by atoms with Crippen molar-refractivity contribution in [2.45, 2.75) is 24.7 Å². The van der Waals surface area contributed by atoms with Gasteiger partial charge in [0, 0.05) is 32.0 Å². The predicted molar refractivity (Wildman–Crippen MR) is 121 cm³/mol. The monoisotopic (exact) mass is 466 g/mol. The van der Waals surface area contributed by atoms with Gasteiger partial charge < -0.3 is 24.6 Å². The van der Waals surface area contributed by atoms with Crippen LogP contribution in [0.4, 0.5) is 5.69 Å². The number of sulfonamides is 1. The van der Waals surface area contributed by atoms with Crippen LogP contribution in [0.1, 0.15) is 29.3 Å². The van der Waals surface area contributed by atoms with Crippen molar-refractivity contribution in [3.05, 3.63) is 47.5 Å². The third-order valence-corrected chi connectivity index (χ3v) is 6.13. The summed E-state index contributed by atoms with van der Waals surface area (Å²) in [6.45, 7) is 3.72. The van der Waals surface area contributed by atoms with Gasteiger partial charge in [-0.25, -0.2) is 17.9 Å². The van der Waals surface area contributed by atoms with Crippen molar-refractivity contribution in [1.82, 2.24) is 4.72 Å². The quantitative estimate of drug-likeness (QED) is 0.363. The minimum absolute atomic E-state index is 0.107. The van der Waals surface area contributed by atoms with Gasteiger partial charge in [-0.1, -0.05) is 6.07 Å². The highest BCUT2D eigenvalue weighted by atomic mass is 32.2. The maximum atomic E-state index is 12.7. The van der Waals surface area contributed by atoms with Crippen LogP contribution in [0.15, 0.2) is 41.3 Å². The van der Waals surface area contributed by atoms with Gasteiger partial charge >= 0.3 is 5.97 Å². The van der Waals surface area contributed by atoms with Crippen LogP contribution in [0.25, 0.3) is 0 Å². The Kier molecular flexibility index (Phi) is 9.76. The number of carboxylic acid groups (broad SMARTS) is 1. The van der Waals surface area contributed by atoms with Crippen molar-refractivity contribution >= 4 is 21.7 Å². The average Bonchev–Trinajstić information content (AvgIpc) is 2.78. The van der Waals surface area contributed by atoms with Gasteiger partial charge in [0.05, 0.1) is 24.7 Å². The maximum absolute atomic E-state index is 12.7. The summed E-state index contributed by atoms with van der Waals surface area (Å²) < 4.78 is 43.6. The number of carboxylic acids is 1. The van der Waals surface area contributed by atoms with E-state index in [0.717, 1.165) is 11.6 Å². The highest BCUT2D eigenvalue weighted by Gasteiger charge is 2.19. The summed E-state index contributed by atoms with van der Waals surface area (Å²) in [7, 11) is -0.811. The molecule has 176 valence electrons. The number of ether oxygens (including phenoxy) is 3. The molecule has 2 aromatic carbocycles. The summed E-state index contributed by atoms with van der Waals surface area (Å²) >= 11 is 0. The van der Waals surface area contributed by atoms with E-state index in [9.17, 15) is 18.3 Å². The third kappa shape index (κ3) is 7.11. The highest BCUT2D eigenvalue weighted by molar-refractivity contribution is 7.89. The van der Waals surface area contributed by atoms with E-state index in [1.807, 2.05) is 13.0 Å². The second kappa shape index (κ2) is 12.3. The van der Waals surface area contributed by atoms with Gasteiger partial charge in [-0.15, -0.1) is 0 Å². The van der Waals surface area contributed by atoms with Gasteiger partial charge in [-0.2, -0.15) is 0 Å². The number of rotatable bonds is 14. The summed E-state index contributed by atoms with van der Waals surface area (Å²) in [5, 5.41) is 12.5. The lowest BCUT2D eigenvalue weighted by Crippen LogP contribution is -2.26. The van der Waals surface area contributed by atoms with Crippen molar-refractivity contribution < 1.29 is 32.5 Å². The predicted octanol–water partition coefficient (Wildman–Crippen LogP) is 2.76. The van der Waals surface area contributed by atoms with E-state index in [-0.39, 0.29) is 17.0 Å². The van der Waals surface area contributed by atoms with Gasteiger partial charge in [0.1, 0.15) is 0 Å². The summed E-state index contributed by atoms with van der Waals surface area (Å²) in [5.41, 5.74) is 1.12. The molecular formula is C22H30N2O7S. The summed E-state index contributed by atoms with van der Waals surface area (Å²) in [4.78, 5) is 11.5. The first-order valence-electron chi connectivity index (χ1n) is 10.2. The van der Waals surface area contributed by atoms with Crippen molar-refractivity contribution in [3.8, 4) is 11.5 Å². The number of benzene rings is 2. The molecule has 0 aliphatic carbocycles. The van der Waals surface area contributed by atoms with E-state index < -0.39 is 16.0 Å². The Bertz CT molecular complexity index is 1010. The van der Waals surface area contributed by atoms with Crippen molar-refractivity contribution in [2.24, 2.45) is 0 Å². The first-order chi connectivity index (χ1) is 15.3. The second-order valence-electron chi connectivity index (χ2n) is 6.83. The van der Waals surface area contributed by atoms with Crippen LogP contribution in [-0.4, -0.2) is 60.0 Å². The minimum atomic E-state index is -3.88. The zero-order valence-corrected chi connectivity index (χ0v) is 19.3. The molecule has 0 radical (unpaired) electrons. The number of methoxy groups -OCH3 is 2. The Morgan fingerprint density at radius 1 is 1.03 bits per heavy atom. The van der Waals surface area contributed by atoms with E-state index >= 15 is 0 Å². The maximum Gasteiger partial charge on any atom is 0.337 e. The fraction of sp³-hybridized carbons (Fsp3) is 0.409. The summed E-state index contributed by atoms with van der Waals surface area (Å²) in [6.07, 6.45) is 1.12. The number of hydrogen-bond acceptors (Lipinski definition) is 7. The SMILES string of the molecule is CCOCCCNc1ccc(S(=O)(=O)NCCc2ccc(OC)c(OC)c2)cc1C(=O)O. The smallest absolute Gasteiger partial charge is 0.337 e. The Balaban J connectivity index is 2.04. The molecule has 3 N–H and O–H groups in total. The summed E-state index contributed by atoms with van der Waals surface area (Å²) in [5.74, 6) is -0.0624. The molecule has 0 heterocycles. The van der Waals surface area contributed by atoms with Gasteiger partial charge in [-0.3, -0.25) is 0 Å². The molecule has 0 amide bonds. The third-order valence-electron chi connectivity index (χ3n) is 4.67. The average molecular weight is 467 g/mol. The molecule has 0 aliphatic heterocycles. The molecule has 32 heavy (non-hydrogen) atoms. The first-order valence-corrected chi connectivity index (χ1v) is 11.7. The van der Waals surface area contributed by atoms with E-state index in [2.05, 4.69) is 10.0 Å². The Hall–Kier alpha value is -2.82. The minimum Gasteiger partial charge on any atom is -0.493 e. The molecule has 0 fully saturated rings. The fourth-order valence-electron chi connectivity index (χ4n) is 3.01. The van der Waals surface area contributed by atoms with Crippen LogP contribution >= 0.6 is 0 Å². The van der Waals surface area contributed by atoms with Gasteiger partial charge in [0.2, 0.25) is 10.0 Å². The van der Waals surface area contributed by atoms with Gasteiger partial charge in [-0.05, 0) is 55.7 Å². The molecular weight excluding hydrogens is 436 g/mol. The molecule has 0 spiro atoms. The van der Waals surface area contributed by atoms with Crippen LogP contribution in [0, 0.1) is 0 Å². The first kappa shape index (κ1) is 25.4. The molecule has 0 unspecified atom stereocenters. The normalized spacial score (nSPS) is 11.2. The topological polar surface area (TPSA) is 123 Å². The Morgan fingerprint density at radius 2 is 1.78 bits per heavy atom. The van der Waals surface area contributed by atoms with Gasteiger partial charge in [0.25, 0.3) is 0 Å². The Morgan fingerprint density at radius 3 is 2.44 bits per heavy atom. The van der Waals surface area contributed by atoms with Gasteiger partial charge in [0.15, 0.2) is 11.5 Å². The Labute approximate surface area is 188 Å². The molecule has 0 aromatic heterocycles. The van der Waals surface area contributed by atoms with E-state index in [1.54, 1.807) is 19.2 Å². The molecule has 0 saturated heterocycles. The highest BCUT2D eigenvalue weighted by Crippen LogP contribution is 2.27. The van der Waals surface area contributed by atoms with Crippen LogP contribution < -0.4 is 19.5 Å². The molecule has 0 saturated carbocycles.